The molecule has 1 amide bonds. The number of amides is 1. The Kier molecular flexibility index (Phi) is 6.01. The molecule has 0 spiro atoms. The molecule has 39 heavy (non-hydrogen) atoms. The maximum Gasteiger partial charge on any atom is 0.298 e. The summed E-state index contributed by atoms with van der Waals surface area (Å²) in [4.78, 5) is 36.7. The summed E-state index contributed by atoms with van der Waals surface area (Å²) in [6.45, 7) is 3.18. The van der Waals surface area contributed by atoms with Crippen molar-refractivity contribution in [3.63, 3.8) is 0 Å². The number of hydrogen-bond donors (Lipinski definition) is 2. The Bertz CT molecular complexity index is 1610. The van der Waals surface area contributed by atoms with Gasteiger partial charge in [0.25, 0.3) is 11.5 Å². The molecule has 1 saturated heterocycles. The maximum atomic E-state index is 13.3. The average Bonchev–Trinajstić information content (AvgIpc) is 3.55. The third-order valence-corrected chi connectivity index (χ3v) is 9.10. The van der Waals surface area contributed by atoms with Gasteiger partial charge in [0.15, 0.2) is 5.82 Å². The zero-order chi connectivity index (χ0) is 26.5. The summed E-state index contributed by atoms with van der Waals surface area (Å²) >= 11 is 1.26. The first-order valence-corrected chi connectivity index (χ1v) is 14.3. The lowest BCUT2D eigenvalue weighted by Gasteiger charge is -2.34. The molecule has 7 rings (SSSR count). The van der Waals surface area contributed by atoms with Crippen LogP contribution in [0, 0.1) is 0 Å². The lowest BCUT2D eigenvalue weighted by molar-refractivity contribution is 0.0936. The normalized spacial score (nSPS) is 19.5. The fraction of sp³-hybridized carbons (Fsp3) is 0.345. The van der Waals surface area contributed by atoms with Gasteiger partial charge in [-0.2, -0.15) is 0 Å². The van der Waals surface area contributed by atoms with Gasteiger partial charge in [0, 0.05) is 30.9 Å². The van der Waals surface area contributed by atoms with Crippen LogP contribution in [0.5, 0.6) is 5.75 Å². The third-order valence-electron chi connectivity index (χ3n) is 8.08. The van der Waals surface area contributed by atoms with Crippen molar-refractivity contribution in [2.45, 2.75) is 37.8 Å². The first-order chi connectivity index (χ1) is 19.0. The standard InChI is InChI=1S/C29H30N6O3S/c30-26-29(37)35(21-9-10-24-22(15-21)34(13-14-38-24)20-5-2-1-3-6-20)23-16-25(39-28(23)32-26)27(36)31-18-11-12-33(17-18)19-7-4-8-19/h1-3,5-6,9-10,15-16,18-19H,4,7-8,11-14,17H2,(H2,30,32)(H,31,36)/t18-/m1/s1. The molecule has 200 valence electrons. The highest BCUT2D eigenvalue weighted by Crippen LogP contribution is 2.38. The van der Waals surface area contributed by atoms with Crippen molar-refractivity contribution in [3.8, 4) is 11.4 Å². The van der Waals surface area contributed by atoms with Crippen LogP contribution < -0.4 is 26.2 Å². The van der Waals surface area contributed by atoms with Gasteiger partial charge in [-0.15, -0.1) is 11.3 Å². The molecular formula is C29H30N6O3S. The van der Waals surface area contributed by atoms with Gasteiger partial charge in [0.1, 0.15) is 17.2 Å². The highest BCUT2D eigenvalue weighted by molar-refractivity contribution is 7.20. The minimum Gasteiger partial charge on any atom is -0.490 e. The number of benzene rings is 2. The van der Waals surface area contributed by atoms with Crippen LogP contribution in [0.15, 0.2) is 59.4 Å². The molecule has 3 N–H and O–H groups in total. The van der Waals surface area contributed by atoms with Gasteiger partial charge < -0.3 is 20.7 Å². The number of carbonyl (C=O) groups is 1. The SMILES string of the molecule is Nc1nc2sc(C(=O)N[C@@H]3CCN(C4CCC4)C3)cc2n(-c2ccc3c(c2)N(c2ccccc2)CCO3)c1=O. The zero-order valence-electron chi connectivity index (χ0n) is 21.5. The Labute approximate surface area is 229 Å². The lowest BCUT2D eigenvalue weighted by atomic mass is 9.92. The van der Waals surface area contributed by atoms with Crippen LogP contribution in [-0.2, 0) is 0 Å². The average molecular weight is 543 g/mol. The van der Waals surface area contributed by atoms with Crippen LogP contribution in [0.3, 0.4) is 0 Å². The van der Waals surface area contributed by atoms with E-state index >= 15 is 0 Å². The predicted octanol–water partition coefficient (Wildman–Crippen LogP) is 3.92. The minimum absolute atomic E-state index is 0.0999. The van der Waals surface area contributed by atoms with Gasteiger partial charge >= 0.3 is 0 Å². The second-order valence-electron chi connectivity index (χ2n) is 10.5. The van der Waals surface area contributed by atoms with E-state index in [-0.39, 0.29) is 17.8 Å². The predicted molar refractivity (Wildman–Crippen MR) is 154 cm³/mol. The molecule has 10 heteroatoms. The van der Waals surface area contributed by atoms with Crippen LogP contribution in [0.25, 0.3) is 16.0 Å². The number of thiophene rings is 1. The van der Waals surface area contributed by atoms with Crippen molar-refractivity contribution in [2.75, 3.05) is 36.9 Å². The first-order valence-electron chi connectivity index (χ1n) is 13.5. The van der Waals surface area contributed by atoms with Gasteiger partial charge in [-0.25, -0.2) is 4.98 Å². The molecule has 1 atom stereocenters. The van der Waals surface area contributed by atoms with E-state index in [9.17, 15) is 9.59 Å². The van der Waals surface area contributed by atoms with Crippen molar-refractivity contribution in [2.24, 2.45) is 0 Å². The van der Waals surface area contributed by atoms with Crippen molar-refractivity contribution >= 4 is 44.8 Å². The highest BCUT2D eigenvalue weighted by Gasteiger charge is 2.32. The first kappa shape index (κ1) is 24.2. The molecule has 0 radical (unpaired) electrons. The summed E-state index contributed by atoms with van der Waals surface area (Å²) in [5, 5.41) is 3.20. The van der Waals surface area contributed by atoms with Crippen molar-refractivity contribution in [3.05, 3.63) is 69.8 Å². The number of ether oxygens (including phenoxy) is 1. The monoisotopic (exact) mass is 542 g/mol. The van der Waals surface area contributed by atoms with Crippen molar-refractivity contribution in [1.29, 1.82) is 0 Å². The minimum atomic E-state index is -0.415. The zero-order valence-corrected chi connectivity index (χ0v) is 22.3. The summed E-state index contributed by atoms with van der Waals surface area (Å²) in [6, 6.07) is 18.3. The molecule has 3 aliphatic rings. The van der Waals surface area contributed by atoms with Gasteiger partial charge in [0.05, 0.1) is 28.3 Å². The van der Waals surface area contributed by atoms with Crippen molar-refractivity contribution < 1.29 is 9.53 Å². The van der Waals surface area contributed by atoms with Crippen LogP contribution >= 0.6 is 11.3 Å². The third kappa shape index (κ3) is 4.33. The summed E-state index contributed by atoms with van der Waals surface area (Å²) in [7, 11) is 0. The van der Waals surface area contributed by atoms with Crippen LogP contribution in [0.1, 0.15) is 35.4 Å². The molecule has 4 aromatic rings. The smallest absolute Gasteiger partial charge is 0.298 e. The number of carbonyl (C=O) groups excluding carboxylic acids is 1. The van der Waals surface area contributed by atoms with Crippen LogP contribution in [-0.4, -0.2) is 58.7 Å². The Morgan fingerprint density at radius 2 is 1.90 bits per heavy atom. The number of nitrogens with zero attached hydrogens (tertiary/aromatic N) is 4. The lowest BCUT2D eigenvalue weighted by Crippen LogP contribution is -2.42. The van der Waals surface area contributed by atoms with E-state index in [1.807, 2.05) is 36.4 Å². The molecule has 1 saturated carbocycles. The molecule has 0 unspecified atom stereocenters. The number of aromatic nitrogens is 2. The Balaban J connectivity index is 1.22. The molecule has 0 bridgehead atoms. The number of hydrogen-bond acceptors (Lipinski definition) is 8. The van der Waals surface area contributed by atoms with E-state index in [4.69, 9.17) is 10.5 Å². The Morgan fingerprint density at radius 1 is 1.05 bits per heavy atom. The fourth-order valence-electron chi connectivity index (χ4n) is 5.83. The summed E-state index contributed by atoms with van der Waals surface area (Å²) in [6.07, 6.45) is 4.79. The maximum absolute atomic E-state index is 13.3. The molecule has 9 nitrogen and oxygen atoms in total. The molecule has 1 aliphatic carbocycles. The van der Waals surface area contributed by atoms with Gasteiger partial charge in [-0.3, -0.25) is 19.1 Å². The number of likely N-dealkylation sites (tertiary alicyclic amines) is 1. The number of rotatable bonds is 5. The number of fused-ring (bicyclic) bond motifs is 2. The highest BCUT2D eigenvalue weighted by atomic mass is 32.1. The second kappa shape index (κ2) is 9.69. The number of para-hydroxylation sites is 1. The van der Waals surface area contributed by atoms with E-state index in [0.717, 1.165) is 36.6 Å². The quantitative estimate of drug-likeness (QED) is 0.394. The van der Waals surface area contributed by atoms with E-state index < -0.39 is 5.56 Å². The number of nitrogen functional groups attached to an aromatic ring is 1. The van der Waals surface area contributed by atoms with Crippen LogP contribution in [0.2, 0.25) is 0 Å². The van der Waals surface area contributed by atoms with E-state index in [1.165, 1.54) is 30.6 Å². The second-order valence-corrected chi connectivity index (χ2v) is 11.5. The van der Waals surface area contributed by atoms with Gasteiger partial charge in [-0.1, -0.05) is 24.6 Å². The summed E-state index contributed by atoms with van der Waals surface area (Å²) in [5.74, 6) is 0.514. The van der Waals surface area contributed by atoms with Crippen LogP contribution in [0.4, 0.5) is 17.2 Å². The van der Waals surface area contributed by atoms with Gasteiger partial charge in [0.2, 0.25) is 0 Å². The molecule has 2 aliphatic heterocycles. The summed E-state index contributed by atoms with van der Waals surface area (Å²) < 4.78 is 7.47. The summed E-state index contributed by atoms with van der Waals surface area (Å²) in [5.41, 5.74) is 8.78. The molecule has 2 fully saturated rings. The number of nitrogens with one attached hydrogen (secondary N) is 1. The Morgan fingerprint density at radius 3 is 2.69 bits per heavy atom. The van der Waals surface area contributed by atoms with Crippen molar-refractivity contribution in [1.82, 2.24) is 19.8 Å². The molecule has 2 aromatic heterocycles. The fourth-order valence-corrected chi connectivity index (χ4v) is 6.76. The number of nitrogens with two attached hydrogens (primary N) is 1. The van der Waals surface area contributed by atoms with Gasteiger partial charge in [-0.05, 0) is 55.7 Å². The molecular weight excluding hydrogens is 512 g/mol. The Hall–Kier alpha value is -3.89. The number of anilines is 3. The van der Waals surface area contributed by atoms with E-state index in [0.29, 0.717) is 40.1 Å². The van der Waals surface area contributed by atoms with E-state index in [1.54, 1.807) is 10.6 Å². The topological polar surface area (TPSA) is 106 Å². The molecule has 2 aromatic carbocycles. The largest absolute Gasteiger partial charge is 0.490 e. The molecule has 4 heterocycles. The van der Waals surface area contributed by atoms with E-state index in [2.05, 4.69) is 32.2 Å².